The lowest BCUT2D eigenvalue weighted by molar-refractivity contribution is -0.115. The molecule has 0 atom stereocenters. The summed E-state index contributed by atoms with van der Waals surface area (Å²) in [4.78, 5) is 12.3. The van der Waals surface area contributed by atoms with E-state index in [0.717, 1.165) is 11.3 Å². The first-order valence-corrected chi connectivity index (χ1v) is 7.54. The standard InChI is InChI=1S/C17H17N5O3/c1-24-14-6-3-12(4-7-14)9-17(23)19-13-5-8-16(25-2)15(10-13)22-11-18-20-21-22/h3-8,10-11H,9H2,1-2H3,(H,19,23). The molecule has 0 saturated heterocycles. The number of aromatic nitrogens is 4. The van der Waals surface area contributed by atoms with Gasteiger partial charge in [0.15, 0.2) is 0 Å². The lowest BCUT2D eigenvalue weighted by atomic mass is 10.1. The average molecular weight is 339 g/mol. The summed E-state index contributed by atoms with van der Waals surface area (Å²) in [5.41, 5.74) is 2.16. The summed E-state index contributed by atoms with van der Waals surface area (Å²) in [6.07, 6.45) is 1.72. The van der Waals surface area contributed by atoms with E-state index in [0.29, 0.717) is 17.1 Å². The van der Waals surface area contributed by atoms with Crippen LogP contribution in [0, 0.1) is 0 Å². The highest BCUT2D eigenvalue weighted by molar-refractivity contribution is 5.92. The highest BCUT2D eigenvalue weighted by atomic mass is 16.5. The lowest BCUT2D eigenvalue weighted by Gasteiger charge is -2.11. The largest absolute Gasteiger partial charge is 0.497 e. The Labute approximate surface area is 144 Å². The van der Waals surface area contributed by atoms with E-state index in [2.05, 4.69) is 20.8 Å². The van der Waals surface area contributed by atoms with Gasteiger partial charge in [-0.05, 0) is 46.3 Å². The Morgan fingerprint density at radius 2 is 1.92 bits per heavy atom. The number of tetrazole rings is 1. The fraction of sp³-hybridized carbons (Fsp3) is 0.176. The summed E-state index contributed by atoms with van der Waals surface area (Å²) in [7, 11) is 3.17. The number of amides is 1. The first-order valence-electron chi connectivity index (χ1n) is 7.54. The van der Waals surface area contributed by atoms with Gasteiger partial charge in [0.2, 0.25) is 5.91 Å². The number of nitrogens with zero attached hydrogens (tertiary/aromatic N) is 4. The number of carbonyl (C=O) groups is 1. The molecule has 1 heterocycles. The van der Waals surface area contributed by atoms with E-state index in [4.69, 9.17) is 9.47 Å². The molecule has 1 N–H and O–H groups in total. The quantitative estimate of drug-likeness (QED) is 0.737. The molecule has 0 bridgehead atoms. The first-order chi connectivity index (χ1) is 12.2. The van der Waals surface area contributed by atoms with Gasteiger partial charge in [-0.3, -0.25) is 4.79 Å². The fourth-order valence-electron chi connectivity index (χ4n) is 2.35. The third-order valence-corrected chi connectivity index (χ3v) is 3.58. The van der Waals surface area contributed by atoms with Crippen LogP contribution in [0.2, 0.25) is 0 Å². The van der Waals surface area contributed by atoms with Crippen molar-refractivity contribution in [2.45, 2.75) is 6.42 Å². The normalized spacial score (nSPS) is 10.3. The van der Waals surface area contributed by atoms with E-state index >= 15 is 0 Å². The molecule has 25 heavy (non-hydrogen) atoms. The molecule has 0 radical (unpaired) electrons. The zero-order valence-corrected chi connectivity index (χ0v) is 13.8. The third-order valence-electron chi connectivity index (χ3n) is 3.58. The number of methoxy groups -OCH3 is 2. The zero-order valence-electron chi connectivity index (χ0n) is 13.8. The van der Waals surface area contributed by atoms with Crippen LogP contribution in [0.4, 0.5) is 5.69 Å². The van der Waals surface area contributed by atoms with E-state index in [9.17, 15) is 4.79 Å². The summed E-state index contributed by atoms with van der Waals surface area (Å²) in [5, 5.41) is 13.9. The van der Waals surface area contributed by atoms with Crippen LogP contribution in [0.5, 0.6) is 11.5 Å². The Balaban J connectivity index is 1.73. The molecule has 0 aliphatic rings. The van der Waals surface area contributed by atoms with Crippen molar-refractivity contribution in [3.05, 3.63) is 54.4 Å². The maximum Gasteiger partial charge on any atom is 0.228 e. The topological polar surface area (TPSA) is 91.2 Å². The Hall–Kier alpha value is -3.42. The lowest BCUT2D eigenvalue weighted by Crippen LogP contribution is -2.14. The van der Waals surface area contributed by atoms with Crippen molar-refractivity contribution in [2.24, 2.45) is 0 Å². The minimum Gasteiger partial charge on any atom is -0.497 e. The van der Waals surface area contributed by atoms with Crippen LogP contribution in [0.3, 0.4) is 0 Å². The predicted molar refractivity (Wildman–Crippen MR) is 91.0 cm³/mol. The van der Waals surface area contributed by atoms with E-state index in [1.165, 1.54) is 11.0 Å². The monoisotopic (exact) mass is 339 g/mol. The van der Waals surface area contributed by atoms with Gasteiger partial charge in [-0.2, -0.15) is 4.68 Å². The summed E-state index contributed by atoms with van der Waals surface area (Å²) in [6.45, 7) is 0. The molecule has 0 aliphatic heterocycles. The van der Waals surface area contributed by atoms with Gasteiger partial charge >= 0.3 is 0 Å². The summed E-state index contributed by atoms with van der Waals surface area (Å²) in [6, 6.07) is 12.6. The highest BCUT2D eigenvalue weighted by Gasteiger charge is 2.10. The van der Waals surface area contributed by atoms with Gasteiger partial charge in [-0.15, -0.1) is 5.10 Å². The fourth-order valence-corrected chi connectivity index (χ4v) is 2.35. The second-order valence-electron chi connectivity index (χ2n) is 5.21. The number of hydrogen-bond acceptors (Lipinski definition) is 6. The van der Waals surface area contributed by atoms with Gasteiger partial charge in [0, 0.05) is 5.69 Å². The number of rotatable bonds is 6. The summed E-state index contributed by atoms with van der Waals surface area (Å²) in [5.74, 6) is 1.23. The highest BCUT2D eigenvalue weighted by Crippen LogP contribution is 2.25. The van der Waals surface area contributed by atoms with Gasteiger partial charge in [0.25, 0.3) is 0 Å². The van der Waals surface area contributed by atoms with Crippen molar-refractivity contribution in [1.82, 2.24) is 20.2 Å². The molecular weight excluding hydrogens is 322 g/mol. The van der Waals surface area contributed by atoms with Gasteiger partial charge in [-0.25, -0.2) is 0 Å². The Morgan fingerprint density at radius 3 is 2.56 bits per heavy atom. The first kappa shape index (κ1) is 16.4. The molecule has 2 aromatic carbocycles. The van der Waals surface area contributed by atoms with E-state index in [-0.39, 0.29) is 12.3 Å². The van der Waals surface area contributed by atoms with Crippen molar-refractivity contribution in [2.75, 3.05) is 19.5 Å². The average Bonchev–Trinajstić information content (AvgIpc) is 3.17. The molecule has 1 amide bonds. The third kappa shape index (κ3) is 3.92. The van der Waals surface area contributed by atoms with Crippen molar-refractivity contribution < 1.29 is 14.3 Å². The maximum absolute atomic E-state index is 12.3. The van der Waals surface area contributed by atoms with E-state index in [1.807, 2.05) is 24.3 Å². The number of benzene rings is 2. The van der Waals surface area contributed by atoms with Crippen LogP contribution in [0.15, 0.2) is 48.8 Å². The van der Waals surface area contributed by atoms with Crippen LogP contribution in [-0.2, 0) is 11.2 Å². The molecule has 1 aromatic heterocycles. The van der Waals surface area contributed by atoms with E-state index < -0.39 is 0 Å². The molecule has 8 heteroatoms. The second kappa shape index (κ2) is 7.43. The number of anilines is 1. The summed E-state index contributed by atoms with van der Waals surface area (Å²) >= 11 is 0. The van der Waals surface area contributed by atoms with Gasteiger partial charge in [-0.1, -0.05) is 12.1 Å². The molecule has 3 aromatic rings. The molecular formula is C17H17N5O3. The maximum atomic E-state index is 12.3. The smallest absolute Gasteiger partial charge is 0.228 e. The van der Waals surface area contributed by atoms with Crippen LogP contribution in [0.25, 0.3) is 5.69 Å². The molecule has 0 unspecified atom stereocenters. The second-order valence-corrected chi connectivity index (χ2v) is 5.21. The Kier molecular flexibility index (Phi) is 4.89. The van der Waals surface area contributed by atoms with Crippen molar-refractivity contribution >= 4 is 11.6 Å². The molecule has 8 nitrogen and oxygen atoms in total. The van der Waals surface area contributed by atoms with Gasteiger partial charge in [0.05, 0.1) is 20.6 Å². The molecule has 0 fully saturated rings. The molecule has 0 spiro atoms. The van der Waals surface area contributed by atoms with Crippen LogP contribution in [0.1, 0.15) is 5.56 Å². The Morgan fingerprint density at radius 1 is 1.12 bits per heavy atom. The van der Waals surface area contributed by atoms with Crippen molar-refractivity contribution in [3.8, 4) is 17.2 Å². The number of hydrogen-bond donors (Lipinski definition) is 1. The molecule has 3 rings (SSSR count). The van der Waals surface area contributed by atoms with Crippen LogP contribution in [-0.4, -0.2) is 40.3 Å². The van der Waals surface area contributed by atoms with Crippen LogP contribution >= 0.6 is 0 Å². The SMILES string of the molecule is COc1ccc(CC(=O)Nc2ccc(OC)c(-n3cnnn3)c2)cc1. The minimum atomic E-state index is -0.127. The number of carbonyl (C=O) groups excluding carboxylic acids is 1. The van der Waals surface area contributed by atoms with Crippen LogP contribution < -0.4 is 14.8 Å². The zero-order chi connectivity index (χ0) is 17.6. The number of nitrogens with one attached hydrogen (secondary N) is 1. The number of ether oxygens (including phenoxy) is 2. The molecule has 128 valence electrons. The Bertz CT molecular complexity index is 847. The molecule has 0 saturated carbocycles. The van der Waals surface area contributed by atoms with Gasteiger partial charge in [0.1, 0.15) is 23.5 Å². The predicted octanol–water partition coefficient (Wildman–Crippen LogP) is 1.86. The molecule has 0 aliphatic carbocycles. The van der Waals surface area contributed by atoms with Crippen molar-refractivity contribution in [1.29, 1.82) is 0 Å². The summed E-state index contributed by atoms with van der Waals surface area (Å²) < 4.78 is 11.9. The van der Waals surface area contributed by atoms with Crippen molar-refractivity contribution in [3.63, 3.8) is 0 Å². The minimum absolute atomic E-state index is 0.127. The van der Waals surface area contributed by atoms with Gasteiger partial charge < -0.3 is 14.8 Å². The van der Waals surface area contributed by atoms with E-state index in [1.54, 1.807) is 32.4 Å².